The Balaban J connectivity index is 1.53. The maximum absolute atomic E-state index is 11.4. The highest BCUT2D eigenvalue weighted by atomic mass is 16.6. The lowest BCUT2D eigenvalue weighted by Crippen LogP contribution is -2.36. The Hall–Kier alpha value is -1.40. The molecule has 1 fully saturated rings. The standard InChI is InChI=1S/C16H25NO5/c18-15-6-7-16(19)22-14(13-21-15)5-3-1-2-4-8-17-9-11-20-12-10-17/h6-7,14H,1-5,8-13H2. The molecule has 1 saturated heterocycles. The highest BCUT2D eigenvalue weighted by Crippen LogP contribution is 2.12. The van der Waals surface area contributed by atoms with Gasteiger partial charge >= 0.3 is 11.9 Å². The minimum atomic E-state index is -0.479. The lowest BCUT2D eigenvalue weighted by Gasteiger charge is -2.26. The fraction of sp³-hybridized carbons (Fsp3) is 0.750. The molecule has 2 aliphatic heterocycles. The van der Waals surface area contributed by atoms with E-state index in [-0.39, 0.29) is 12.7 Å². The van der Waals surface area contributed by atoms with Gasteiger partial charge in [0.25, 0.3) is 0 Å². The third-order valence-corrected chi connectivity index (χ3v) is 3.90. The van der Waals surface area contributed by atoms with Gasteiger partial charge in [-0.15, -0.1) is 0 Å². The van der Waals surface area contributed by atoms with Crippen LogP contribution in [0.4, 0.5) is 0 Å². The number of hydrogen-bond acceptors (Lipinski definition) is 6. The zero-order valence-electron chi connectivity index (χ0n) is 13.0. The second-order valence-corrected chi connectivity index (χ2v) is 5.68. The van der Waals surface area contributed by atoms with Crippen LogP contribution < -0.4 is 0 Å². The molecule has 22 heavy (non-hydrogen) atoms. The van der Waals surface area contributed by atoms with Crippen molar-refractivity contribution in [2.45, 2.75) is 38.2 Å². The van der Waals surface area contributed by atoms with Crippen LogP contribution in [0.3, 0.4) is 0 Å². The topological polar surface area (TPSA) is 65.1 Å². The Kier molecular flexibility index (Phi) is 7.39. The fourth-order valence-electron chi connectivity index (χ4n) is 2.62. The smallest absolute Gasteiger partial charge is 0.331 e. The number of nitrogens with zero attached hydrogens (tertiary/aromatic N) is 1. The van der Waals surface area contributed by atoms with Crippen molar-refractivity contribution < 1.29 is 23.8 Å². The van der Waals surface area contributed by atoms with Gasteiger partial charge < -0.3 is 14.2 Å². The van der Waals surface area contributed by atoms with Crippen LogP contribution in [0.15, 0.2) is 12.2 Å². The van der Waals surface area contributed by atoms with Crippen molar-refractivity contribution >= 4 is 11.9 Å². The first-order chi connectivity index (χ1) is 10.7. The van der Waals surface area contributed by atoms with E-state index < -0.39 is 11.9 Å². The normalized spacial score (nSPS) is 23.5. The predicted molar refractivity (Wildman–Crippen MR) is 80.3 cm³/mol. The molecule has 0 N–H and O–H groups in total. The van der Waals surface area contributed by atoms with Crippen LogP contribution in [0.2, 0.25) is 0 Å². The van der Waals surface area contributed by atoms with Gasteiger partial charge in [-0.1, -0.05) is 12.8 Å². The molecule has 0 aromatic carbocycles. The van der Waals surface area contributed by atoms with E-state index in [1.165, 1.54) is 6.42 Å². The van der Waals surface area contributed by atoms with E-state index in [1.807, 2.05) is 0 Å². The molecule has 6 nitrogen and oxygen atoms in total. The van der Waals surface area contributed by atoms with Crippen molar-refractivity contribution in [2.24, 2.45) is 0 Å². The molecule has 0 spiro atoms. The van der Waals surface area contributed by atoms with Crippen molar-refractivity contribution in [3.05, 3.63) is 12.2 Å². The van der Waals surface area contributed by atoms with Gasteiger partial charge in [0, 0.05) is 25.2 Å². The van der Waals surface area contributed by atoms with Crippen LogP contribution in [0, 0.1) is 0 Å². The Morgan fingerprint density at radius 2 is 1.73 bits per heavy atom. The van der Waals surface area contributed by atoms with Gasteiger partial charge in [-0.2, -0.15) is 0 Å². The first-order valence-corrected chi connectivity index (χ1v) is 8.09. The molecule has 2 aliphatic rings. The third-order valence-electron chi connectivity index (χ3n) is 3.90. The number of carbonyl (C=O) groups is 2. The maximum atomic E-state index is 11.4. The van der Waals surface area contributed by atoms with Crippen molar-refractivity contribution in [1.82, 2.24) is 4.90 Å². The molecule has 0 aromatic heterocycles. The lowest BCUT2D eigenvalue weighted by atomic mass is 10.1. The van der Waals surface area contributed by atoms with Gasteiger partial charge in [0.15, 0.2) is 0 Å². The predicted octanol–water partition coefficient (Wildman–Crippen LogP) is 1.29. The molecule has 124 valence electrons. The van der Waals surface area contributed by atoms with Crippen molar-refractivity contribution in [3.63, 3.8) is 0 Å². The zero-order chi connectivity index (χ0) is 15.6. The summed E-state index contributed by atoms with van der Waals surface area (Å²) in [5.41, 5.74) is 0. The van der Waals surface area contributed by atoms with E-state index in [4.69, 9.17) is 14.2 Å². The molecule has 2 heterocycles. The molecular formula is C16H25NO5. The van der Waals surface area contributed by atoms with Gasteiger partial charge in [0.2, 0.25) is 0 Å². The van der Waals surface area contributed by atoms with Crippen LogP contribution in [-0.4, -0.2) is 62.4 Å². The van der Waals surface area contributed by atoms with E-state index in [2.05, 4.69) is 4.90 Å². The van der Waals surface area contributed by atoms with E-state index in [9.17, 15) is 9.59 Å². The van der Waals surface area contributed by atoms with Crippen LogP contribution in [0.25, 0.3) is 0 Å². The summed E-state index contributed by atoms with van der Waals surface area (Å²) in [7, 11) is 0. The molecule has 2 rings (SSSR count). The summed E-state index contributed by atoms with van der Waals surface area (Å²) in [6.45, 7) is 5.06. The second kappa shape index (κ2) is 9.58. The van der Waals surface area contributed by atoms with Crippen LogP contribution in [0.1, 0.15) is 32.1 Å². The summed E-state index contributed by atoms with van der Waals surface area (Å²) >= 11 is 0. The summed E-state index contributed by atoms with van der Waals surface area (Å²) in [6.07, 6.45) is 7.07. The van der Waals surface area contributed by atoms with Crippen molar-refractivity contribution in [1.29, 1.82) is 0 Å². The van der Waals surface area contributed by atoms with Gasteiger partial charge in [-0.05, 0) is 25.8 Å². The van der Waals surface area contributed by atoms with E-state index in [1.54, 1.807) is 0 Å². The average molecular weight is 311 g/mol. The number of hydrogen-bond donors (Lipinski definition) is 0. The molecule has 1 atom stereocenters. The molecule has 0 aliphatic carbocycles. The summed E-state index contributed by atoms with van der Waals surface area (Å²) in [5, 5.41) is 0. The highest BCUT2D eigenvalue weighted by molar-refractivity contribution is 5.92. The zero-order valence-corrected chi connectivity index (χ0v) is 13.0. The van der Waals surface area contributed by atoms with Gasteiger partial charge in [0.05, 0.1) is 13.2 Å². The summed E-state index contributed by atoms with van der Waals surface area (Å²) in [5.74, 6) is -0.943. The first kappa shape index (κ1) is 17.0. The molecular weight excluding hydrogens is 286 g/mol. The van der Waals surface area contributed by atoms with Crippen LogP contribution in [0.5, 0.6) is 0 Å². The minimum Gasteiger partial charge on any atom is -0.459 e. The second-order valence-electron chi connectivity index (χ2n) is 5.68. The maximum Gasteiger partial charge on any atom is 0.331 e. The average Bonchev–Trinajstić information content (AvgIpc) is 2.53. The number of morpholine rings is 1. The number of unbranched alkanes of at least 4 members (excludes halogenated alkanes) is 3. The molecule has 0 amide bonds. The summed E-state index contributed by atoms with van der Waals surface area (Å²) in [6, 6.07) is 0. The largest absolute Gasteiger partial charge is 0.459 e. The monoisotopic (exact) mass is 311 g/mol. The molecule has 0 bridgehead atoms. The molecule has 0 aromatic rings. The molecule has 6 heteroatoms. The number of rotatable bonds is 7. The fourth-order valence-corrected chi connectivity index (χ4v) is 2.62. The Morgan fingerprint density at radius 1 is 1.00 bits per heavy atom. The quantitative estimate of drug-likeness (QED) is 0.521. The van der Waals surface area contributed by atoms with Crippen LogP contribution >= 0.6 is 0 Å². The Labute approximate surface area is 131 Å². The highest BCUT2D eigenvalue weighted by Gasteiger charge is 2.17. The van der Waals surface area contributed by atoms with Gasteiger partial charge in [-0.3, -0.25) is 4.90 Å². The molecule has 1 unspecified atom stereocenters. The molecule has 0 radical (unpaired) electrons. The summed E-state index contributed by atoms with van der Waals surface area (Å²) in [4.78, 5) is 25.0. The third kappa shape index (κ3) is 6.58. The van der Waals surface area contributed by atoms with Gasteiger partial charge in [0.1, 0.15) is 12.7 Å². The minimum absolute atomic E-state index is 0.155. The van der Waals surface area contributed by atoms with Crippen molar-refractivity contribution in [3.8, 4) is 0 Å². The van der Waals surface area contributed by atoms with Crippen LogP contribution in [-0.2, 0) is 23.8 Å². The number of cyclic esters (lactones) is 2. The SMILES string of the molecule is O=C1C=CC(=O)OC(CCCCCCN2CCOCC2)CO1. The van der Waals surface area contributed by atoms with E-state index in [0.717, 1.165) is 70.7 Å². The first-order valence-electron chi connectivity index (χ1n) is 8.09. The number of esters is 2. The number of ether oxygens (including phenoxy) is 3. The van der Waals surface area contributed by atoms with Crippen molar-refractivity contribution in [2.75, 3.05) is 39.5 Å². The van der Waals surface area contributed by atoms with E-state index in [0.29, 0.717) is 0 Å². The van der Waals surface area contributed by atoms with Gasteiger partial charge in [-0.25, -0.2) is 9.59 Å². The summed E-state index contributed by atoms with van der Waals surface area (Å²) < 4.78 is 15.5. The Bertz CT molecular complexity index is 390. The number of carbonyl (C=O) groups excluding carboxylic acids is 2. The molecule has 0 saturated carbocycles. The van der Waals surface area contributed by atoms with E-state index >= 15 is 0 Å². The lowest BCUT2D eigenvalue weighted by molar-refractivity contribution is -0.155. The Morgan fingerprint density at radius 3 is 2.55 bits per heavy atom.